The summed E-state index contributed by atoms with van der Waals surface area (Å²) >= 11 is 3.35. The third kappa shape index (κ3) is 11.1. The van der Waals surface area contributed by atoms with Crippen LogP contribution in [0.3, 0.4) is 0 Å². The summed E-state index contributed by atoms with van der Waals surface area (Å²) in [6.07, 6.45) is -0.163. The van der Waals surface area contributed by atoms with Crippen molar-refractivity contribution in [2.75, 3.05) is 32.0 Å². The zero-order chi connectivity index (χ0) is 20.3. The normalized spacial score (nSPS) is 11.5. The zero-order valence-electron chi connectivity index (χ0n) is 16.2. The third-order valence-electron chi connectivity index (χ3n) is 3.08. The number of guanidine groups is 1. The fourth-order valence-corrected chi connectivity index (χ4v) is 2.20. The van der Waals surface area contributed by atoms with E-state index in [9.17, 15) is 9.59 Å². The molecule has 0 radical (unpaired) electrons. The van der Waals surface area contributed by atoms with Gasteiger partial charge in [0, 0.05) is 43.3 Å². The van der Waals surface area contributed by atoms with Crippen LogP contribution in [0.15, 0.2) is 33.7 Å². The molecule has 0 aliphatic heterocycles. The molecular formula is C18H28BrN5O3. The molecule has 0 unspecified atom stereocenters. The van der Waals surface area contributed by atoms with Crippen LogP contribution in [-0.4, -0.2) is 50.2 Å². The summed E-state index contributed by atoms with van der Waals surface area (Å²) in [6, 6.07) is 7.39. The SMILES string of the molecule is CN=C(NCCNC(=O)OC(C)(C)C)NCCC(=O)Nc1ccc(Br)cc1. The van der Waals surface area contributed by atoms with E-state index in [1.165, 1.54) is 0 Å². The number of amides is 2. The van der Waals surface area contributed by atoms with Gasteiger partial charge >= 0.3 is 6.09 Å². The van der Waals surface area contributed by atoms with Crippen molar-refractivity contribution in [3.63, 3.8) is 0 Å². The van der Waals surface area contributed by atoms with Crippen molar-refractivity contribution >= 4 is 39.6 Å². The Balaban J connectivity index is 2.19. The first-order valence-electron chi connectivity index (χ1n) is 8.66. The van der Waals surface area contributed by atoms with Crippen molar-refractivity contribution in [1.82, 2.24) is 16.0 Å². The fourth-order valence-electron chi connectivity index (χ4n) is 1.93. The Kier molecular flexibility index (Phi) is 9.63. The minimum atomic E-state index is -0.522. The van der Waals surface area contributed by atoms with E-state index in [-0.39, 0.29) is 5.91 Å². The Morgan fingerprint density at radius 1 is 1.04 bits per heavy atom. The lowest BCUT2D eigenvalue weighted by atomic mass is 10.2. The zero-order valence-corrected chi connectivity index (χ0v) is 17.8. The summed E-state index contributed by atoms with van der Waals surface area (Å²) in [4.78, 5) is 27.5. The number of halogens is 1. The number of ether oxygens (including phenoxy) is 1. The van der Waals surface area contributed by atoms with E-state index in [1.807, 2.05) is 45.0 Å². The Morgan fingerprint density at radius 3 is 2.22 bits per heavy atom. The van der Waals surface area contributed by atoms with Gasteiger partial charge in [-0.2, -0.15) is 0 Å². The molecule has 0 bridgehead atoms. The van der Waals surface area contributed by atoms with Gasteiger partial charge < -0.3 is 26.0 Å². The molecule has 27 heavy (non-hydrogen) atoms. The van der Waals surface area contributed by atoms with Gasteiger partial charge in [-0.1, -0.05) is 15.9 Å². The summed E-state index contributed by atoms with van der Waals surface area (Å²) < 4.78 is 6.10. The maximum atomic E-state index is 11.9. The van der Waals surface area contributed by atoms with Gasteiger partial charge in [0.1, 0.15) is 5.60 Å². The summed E-state index contributed by atoms with van der Waals surface area (Å²) in [5.41, 5.74) is 0.227. The van der Waals surface area contributed by atoms with Crippen LogP contribution < -0.4 is 21.3 Å². The van der Waals surface area contributed by atoms with Crippen molar-refractivity contribution in [2.45, 2.75) is 32.8 Å². The van der Waals surface area contributed by atoms with Crippen LogP contribution in [0.2, 0.25) is 0 Å². The first-order valence-corrected chi connectivity index (χ1v) is 9.45. The predicted octanol–water partition coefficient (Wildman–Crippen LogP) is 2.47. The largest absolute Gasteiger partial charge is 0.444 e. The van der Waals surface area contributed by atoms with E-state index in [1.54, 1.807) is 7.05 Å². The highest BCUT2D eigenvalue weighted by molar-refractivity contribution is 9.10. The number of benzene rings is 1. The third-order valence-corrected chi connectivity index (χ3v) is 3.61. The fraction of sp³-hybridized carbons (Fsp3) is 0.500. The van der Waals surface area contributed by atoms with E-state index in [2.05, 4.69) is 42.2 Å². The van der Waals surface area contributed by atoms with Crippen LogP contribution in [0, 0.1) is 0 Å². The van der Waals surface area contributed by atoms with Crippen LogP contribution in [0.1, 0.15) is 27.2 Å². The second kappa shape index (κ2) is 11.4. The second-order valence-electron chi connectivity index (χ2n) is 6.66. The van der Waals surface area contributed by atoms with Crippen LogP contribution in [-0.2, 0) is 9.53 Å². The standard InChI is InChI=1S/C18H28BrN5O3/c1-18(2,3)27-17(26)23-12-11-22-16(20-4)21-10-9-15(25)24-14-7-5-13(19)6-8-14/h5-8H,9-12H2,1-4H3,(H,23,26)(H,24,25)(H2,20,21,22). The lowest BCUT2D eigenvalue weighted by Gasteiger charge is -2.19. The number of nitrogens with zero attached hydrogens (tertiary/aromatic N) is 1. The Bertz CT molecular complexity index is 641. The first-order chi connectivity index (χ1) is 12.7. The highest BCUT2D eigenvalue weighted by Crippen LogP contribution is 2.14. The van der Waals surface area contributed by atoms with Crippen molar-refractivity contribution < 1.29 is 14.3 Å². The summed E-state index contributed by atoms with van der Waals surface area (Å²) in [5, 5.41) is 11.6. The quantitative estimate of drug-likeness (QED) is 0.295. The van der Waals surface area contributed by atoms with E-state index < -0.39 is 11.7 Å². The summed E-state index contributed by atoms with van der Waals surface area (Å²) in [7, 11) is 1.64. The number of rotatable bonds is 7. The molecule has 0 spiro atoms. The molecular weight excluding hydrogens is 414 g/mol. The molecule has 4 N–H and O–H groups in total. The minimum Gasteiger partial charge on any atom is -0.444 e. The monoisotopic (exact) mass is 441 g/mol. The molecule has 8 nitrogen and oxygen atoms in total. The molecule has 1 aromatic rings. The lowest BCUT2D eigenvalue weighted by molar-refractivity contribution is -0.116. The van der Waals surface area contributed by atoms with Gasteiger partial charge in [0.25, 0.3) is 0 Å². The van der Waals surface area contributed by atoms with Crippen molar-refractivity contribution in [3.05, 3.63) is 28.7 Å². The molecule has 0 fully saturated rings. The molecule has 0 saturated heterocycles. The summed E-state index contributed by atoms with van der Waals surface area (Å²) in [5.74, 6) is 0.462. The van der Waals surface area contributed by atoms with Crippen LogP contribution in [0.5, 0.6) is 0 Å². The predicted molar refractivity (Wildman–Crippen MR) is 111 cm³/mol. The molecule has 0 aromatic heterocycles. The number of carbonyl (C=O) groups excluding carboxylic acids is 2. The van der Waals surface area contributed by atoms with E-state index in [0.717, 1.165) is 10.2 Å². The molecule has 0 atom stereocenters. The lowest BCUT2D eigenvalue weighted by Crippen LogP contribution is -2.43. The van der Waals surface area contributed by atoms with Crippen molar-refractivity contribution in [3.8, 4) is 0 Å². The van der Waals surface area contributed by atoms with Gasteiger partial charge in [0.2, 0.25) is 5.91 Å². The van der Waals surface area contributed by atoms with Crippen LogP contribution in [0.4, 0.5) is 10.5 Å². The molecule has 0 saturated carbocycles. The van der Waals surface area contributed by atoms with Crippen molar-refractivity contribution in [2.24, 2.45) is 4.99 Å². The molecule has 0 aliphatic carbocycles. The van der Waals surface area contributed by atoms with E-state index in [0.29, 0.717) is 32.0 Å². The van der Waals surface area contributed by atoms with E-state index in [4.69, 9.17) is 4.74 Å². The molecule has 2 amide bonds. The van der Waals surface area contributed by atoms with Crippen LogP contribution >= 0.6 is 15.9 Å². The number of anilines is 1. The molecule has 1 aromatic carbocycles. The number of hydrogen-bond acceptors (Lipinski definition) is 4. The van der Waals surface area contributed by atoms with E-state index >= 15 is 0 Å². The molecule has 0 heterocycles. The van der Waals surface area contributed by atoms with Crippen molar-refractivity contribution in [1.29, 1.82) is 0 Å². The van der Waals surface area contributed by atoms with Gasteiger partial charge in [-0.05, 0) is 45.0 Å². The average molecular weight is 442 g/mol. The number of aliphatic imine (C=N–C) groups is 1. The van der Waals surface area contributed by atoms with Gasteiger partial charge in [-0.25, -0.2) is 4.79 Å². The Labute approximate surface area is 168 Å². The van der Waals surface area contributed by atoms with Crippen LogP contribution in [0.25, 0.3) is 0 Å². The number of nitrogens with one attached hydrogen (secondary N) is 4. The number of carbonyl (C=O) groups is 2. The van der Waals surface area contributed by atoms with Gasteiger partial charge in [0.05, 0.1) is 0 Å². The molecule has 0 aliphatic rings. The second-order valence-corrected chi connectivity index (χ2v) is 7.58. The minimum absolute atomic E-state index is 0.0909. The topological polar surface area (TPSA) is 104 Å². The number of hydrogen-bond donors (Lipinski definition) is 4. The average Bonchev–Trinajstić information content (AvgIpc) is 2.57. The summed E-state index contributed by atoms with van der Waals surface area (Å²) in [6.45, 7) is 6.72. The highest BCUT2D eigenvalue weighted by atomic mass is 79.9. The van der Waals surface area contributed by atoms with Gasteiger partial charge in [0.15, 0.2) is 5.96 Å². The maximum absolute atomic E-state index is 11.9. The smallest absolute Gasteiger partial charge is 0.407 e. The van der Waals surface area contributed by atoms with Gasteiger partial charge in [-0.15, -0.1) is 0 Å². The number of alkyl carbamates (subject to hydrolysis) is 1. The molecule has 9 heteroatoms. The molecule has 1 rings (SSSR count). The Hall–Kier alpha value is -2.29. The first kappa shape index (κ1) is 22.8. The Morgan fingerprint density at radius 2 is 1.63 bits per heavy atom. The highest BCUT2D eigenvalue weighted by Gasteiger charge is 2.15. The maximum Gasteiger partial charge on any atom is 0.407 e. The van der Waals surface area contributed by atoms with Gasteiger partial charge in [-0.3, -0.25) is 9.79 Å². The molecule has 150 valence electrons.